The van der Waals surface area contributed by atoms with Crippen molar-refractivity contribution in [3.63, 3.8) is 0 Å². The van der Waals surface area contributed by atoms with E-state index >= 15 is 0 Å². The zero-order valence-electron chi connectivity index (χ0n) is 8.57. The number of nitrogens with zero attached hydrogens (tertiary/aromatic N) is 1. The van der Waals surface area contributed by atoms with E-state index in [4.69, 9.17) is 5.11 Å². The number of aliphatic carboxylic acids is 1. The first-order chi connectivity index (χ1) is 7.45. The fourth-order valence-electron chi connectivity index (χ4n) is 1.50. The number of carbonyl (C=O) groups is 1. The van der Waals surface area contributed by atoms with Crippen LogP contribution >= 0.6 is 15.9 Å². The number of carboxylic acid groups (broad SMARTS) is 1. The third-order valence-electron chi connectivity index (χ3n) is 2.23. The number of hydrogen-bond donors (Lipinski definition) is 1. The SMILES string of the molecule is Cc1cc([N+](=O)[O-])cc(CBr)c1CC(=O)O. The molecule has 0 amide bonds. The van der Waals surface area contributed by atoms with Gasteiger partial charge in [0.05, 0.1) is 11.3 Å². The van der Waals surface area contributed by atoms with Crippen LogP contribution in [0.2, 0.25) is 0 Å². The minimum Gasteiger partial charge on any atom is -0.481 e. The molecular formula is C10H10BrNO4. The van der Waals surface area contributed by atoms with Crippen molar-refractivity contribution in [2.45, 2.75) is 18.7 Å². The zero-order valence-corrected chi connectivity index (χ0v) is 10.2. The lowest BCUT2D eigenvalue weighted by Gasteiger charge is -2.08. The number of rotatable bonds is 4. The summed E-state index contributed by atoms with van der Waals surface area (Å²) >= 11 is 3.20. The molecule has 86 valence electrons. The summed E-state index contributed by atoms with van der Waals surface area (Å²) < 4.78 is 0. The molecule has 0 fully saturated rings. The highest BCUT2D eigenvalue weighted by Gasteiger charge is 2.15. The van der Waals surface area contributed by atoms with Crippen molar-refractivity contribution in [3.8, 4) is 0 Å². The largest absolute Gasteiger partial charge is 0.481 e. The van der Waals surface area contributed by atoms with Crippen LogP contribution in [0, 0.1) is 17.0 Å². The molecule has 6 heteroatoms. The van der Waals surface area contributed by atoms with Gasteiger partial charge in [-0.15, -0.1) is 0 Å². The predicted octanol–water partition coefficient (Wildman–Crippen LogP) is 2.43. The third kappa shape index (κ3) is 2.79. The summed E-state index contributed by atoms with van der Waals surface area (Å²) in [4.78, 5) is 20.8. The van der Waals surface area contributed by atoms with Crippen molar-refractivity contribution in [1.82, 2.24) is 0 Å². The lowest BCUT2D eigenvalue weighted by molar-refractivity contribution is -0.385. The van der Waals surface area contributed by atoms with Crippen molar-refractivity contribution in [2.75, 3.05) is 0 Å². The van der Waals surface area contributed by atoms with Crippen molar-refractivity contribution in [3.05, 3.63) is 38.9 Å². The molecule has 1 aromatic carbocycles. The predicted molar refractivity (Wildman–Crippen MR) is 61.8 cm³/mol. The van der Waals surface area contributed by atoms with Gasteiger partial charge in [0, 0.05) is 17.5 Å². The highest BCUT2D eigenvalue weighted by molar-refractivity contribution is 9.08. The van der Waals surface area contributed by atoms with Crippen LogP contribution in [0.25, 0.3) is 0 Å². The quantitative estimate of drug-likeness (QED) is 0.524. The average molecular weight is 288 g/mol. The lowest BCUT2D eigenvalue weighted by Crippen LogP contribution is -2.06. The van der Waals surface area contributed by atoms with Crippen LogP contribution in [-0.4, -0.2) is 16.0 Å². The monoisotopic (exact) mass is 287 g/mol. The van der Waals surface area contributed by atoms with Gasteiger partial charge < -0.3 is 5.11 Å². The second-order valence-corrected chi connectivity index (χ2v) is 3.92. The molecule has 0 aromatic heterocycles. The summed E-state index contributed by atoms with van der Waals surface area (Å²) in [5, 5.41) is 19.8. The number of benzene rings is 1. The van der Waals surface area contributed by atoms with Crippen LogP contribution in [0.4, 0.5) is 5.69 Å². The average Bonchev–Trinajstić information content (AvgIpc) is 2.19. The Labute approximate surface area is 100 Å². The molecule has 5 nitrogen and oxygen atoms in total. The van der Waals surface area contributed by atoms with Gasteiger partial charge in [0.15, 0.2) is 0 Å². The summed E-state index contributed by atoms with van der Waals surface area (Å²) in [6.45, 7) is 1.68. The van der Waals surface area contributed by atoms with Gasteiger partial charge in [-0.25, -0.2) is 0 Å². The second-order valence-electron chi connectivity index (χ2n) is 3.36. The lowest BCUT2D eigenvalue weighted by atomic mass is 9.99. The molecule has 0 radical (unpaired) electrons. The van der Waals surface area contributed by atoms with E-state index in [2.05, 4.69) is 15.9 Å². The first kappa shape index (κ1) is 12.6. The summed E-state index contributed by atoms with van der Waals surface area (Å²) in [6.07, 6.45) is -0.120. The molecule has 1 N–H and O–H groups in total. The van der Waals surface area contributed by atoms with Gasteiger partial charge in [-0.05, 0) is 23.6 Å². The molecule has 0 saturated heterocycles. The van der Waals surface area contributed by atoms with Crippen molar-refractivity contribution >= 4 is 27.6 Å². The molecule has 0 bridgehead atoms. The summed E-state index contributed by atoms with van der Waals surface area (Å²) in [7, 11) is 0. The Balaban J connectivity index is 3.28. The molecule has 1 aromatic rings. The molecule has 0 saturated carbocycles. The first-order valence-corrected chi connectivity index (χ1v) is 5.62. The van der Waals surface area contributed by atoms with Crippen LogP contribution in [0.1, 0.15) is 16.7 Å². The number of hydrogen-bond acceptors (Lipinski definition) is 3. The Bertz CT molecular complexity index is 445. The maximum absolute atomic E-state index is 10.7. The number of aryl methyl sites for hydroxylation is 1. The van der Waals surface area contributed by atoms with Gasteiger partial charge in [0.1, 0.15) is 0 Å². The number of non-ortho nitro benzene ring substituents is 1. The Hall–Kier alpha value is -1.43. The molecule has 0 aliphatic rings. The van der Waals surface area contributed by atoms with E-state index in [0.29, 0.717) is 22.0 Å². The van der Waals surface area contributed by atoms with Crippen LogP contribution < -0.4 is 0 Å². The van der Waals surface area contributed by atoms with E-state index in [0.717, 1.165) is 0 Å². The van der Waals surface area contributed by atoms with Gasteiger partial charge in [0.2, 0.25) is 0 Å². The topological polar surface area (TPSA) is 80.4 Å². The summed E-state index contributed by atoms with van der Waals surface area (Å²) in [6, 6.07) is 2.80. The maximum atomic E-state index is 10.7. The molecule has 0 spiro atoms. The standard InChI is InChI=1S/C10H10BrNO4/c1-6-2-8(12(15)16)3-7(5-11)9(6)4-10(13)14/h2-3H,4-5H2,1H3,(H,13,14). The number of halogens is 1. The van der Waals surface area contributed by atoms with Gasteiger partial charge >= 0.3 is 5.97 Å². The van der Waals surface area contributed by atoms with E-state index in [1.807, 2.05) is 0 Å². The number of carboxylic acids is 1. The molecule has 1 rings (SSSR count). The second kappa shape index (κ2) is 5.07. The molecule has 0 unspecified atom stereocenters. The van der Waals surface area contributed by atoms with Gasteiger partial charge in [-0.1, -0.05) is 15.9 Å². The Kier molecular flexibility index (Phi) is 4.00. The molecule has 0 heterocycles. The fraction of sp³-hybridized carbons (Fsp3) is 0.300. The highest BCUT2D eigenvalue weighted by Crippen LogP contribution is 2.24. The third-order valence-corrected chi connectivity index (χ3v) is 2.84. The van der Waals surface area contributed by atoms with Crippen LogP contribution in [0.3, 0.4) is 0 Å². The molecule has 0 aliphatic carbocycles. The van der Waals surface area contributed by atoms with Crippen LogP contribution in [-0.2, 0) is 16.5 Å². The van der Waals surface area contributed by atoms with E-state index in [-0.39, 0.29) is 12.1 Å². The maximum Gasteiger partial charge on any atom is 0.307 e. The normalized spacial score (nSPS) is 10.1. The van der Waals surface area contributed by atoms with E-state index in [1.165, 1.54) is 12.1 Å². The molecular weight excluding hydrogens is 278 g/mol. The Morgan fingerprint density at radius 3 is 2.62 bits per heavy atom. The van der Waals surface area contributed by atoms with Crippen LogP contribution in [0.15, 0.2) is 12.1 Å². The van der Waals surface area contributed by atoms with E-state index < -0.39 is 10.9 Å². The van der Waals surface area contributed by atoms with E-state index in [1.54, 1.807) is 6.92 Å². The number of alkyl halides is 1. The molecule has 0 atom stereocenters. The highest BCUT2D eigenvalue weighted by atomic mass is 79.9. The first-order valence-electron chi connectivity index (χ1n) is 4.50. The number of nitro benzene ring substituents is 1. The Morgan fingerprint density at radius 1 is 1.56 bits per heavy atom. The van der Waals surface area contributed by atoms with Crippen molar-refractivity contribution in [2.24, 2.45) is 0 Å². The smallest absolute Gasteiger partial charge is 0.307 e. The fourth-order valence-corrected chi connectivity index (χ4v) is 2.00. The zero-order chi connectivity index (χ0) is 12.3. The van der Waals surface area contributed by atoms with Crippen molar-refractivity contribution < 1.29 is 14.8 Å². The van der Waals surface area contributed by atoms with Gasteiger partial charge in [-0.3, -0.25) is 14.9 Å². The Morgan fingerprint density at radius 2 is 2.19 bits per heavy atom. The number of nitro groups is 1. The van der Waals surface area contributed by atoms with Gasteiger partial charge in [-0.2, -0.15) is 0 Å². The minimum atomic E-state index is -0.945. The van der Waals surface area contributed by atoms with Crippen molar-refractivity contribution in [1.29, 1.82) is 0 Å². The van der Waals surface area contributed by atoms with Gasteiger partial charge in [0.25, 0.3) is 5.69 Å². The van der Waals surface area contributed by atoms with Crippen LogP contribution in [0.5, 0.6) is 0 Å². The molecule has 0 aliphatic heterocycles. The minimum absolute atomic E-state index is 0.0129. The van der Waals surface area contributed by atoms with E-state index in [9.17, 15) is 14.9 Å². The summed E-state index contributed by atoms with van der Waals surface area (Å²) in [5.74, 6) is -0.945. The molecule has 16 heavy (non-hydrogen) atoms. The summed E-state index contributed by atoms with van der Waals surface area (Å²) in [5.41, 5.74) is 1.90.